The van der Waals surface area contributed by atoms with Crippen LogP contribution in [0.2, 0.25) is 0 Å². The Kier molecular flexibility index (Phi) is 5.81. The molecule has 3 N–H and O–H groups in total. The van der Waals surface area contributed by atoms with Gasteiger partial charge in [-0.3, -0.25) is 4.79 Å². The maximum absolute atomic E-state index is 13.8. The highest BCUT2D eigenvalue weighted by Crippen LogP contribution is 2.31. The van der Waals surface area contributed by atoms with Gasteiger partial charge in [0.1, 0.15) is 0 Å². The maximum Gasteiger partial charge on any atom is 0.239 e. The van der Waals surface area contributed by atoms with Crippen LogP contribution in [0.1, 0.15) is 27.7 Å². The van der Waals surface area contributed by atoms with Crippen LogP contribution in [0, 0.1) is 5.82 Å². The summed E-state index contributed by atoms with van der Waals surface area (Å²) >= 11 is 0. The second-order valence-electron chi connectivity index (χ2n) is 5.59. The van der Waals surface area contributed by atoms with Crippen LogP contribution in [-0.4, -0.2) is 31.6 Å². The third-order valence-corrected chi connectivity index (χ3v) is 2.69. The number of nitrogens with two attached hydrogens (primary N) is 1. The zero-order valence-corrected chi connectivity index (χ0v) is 13.2. The van der Waals surface area contributed by atoms with E-state index in [0.29, 0.717) is 5.69 Å². The molecule has 0 saturated heterocycles. The molecular formula is C15H24FN3O2. The zero-order chi connectivity index (χ0) is 16.2. The SMILES string of the molecule is CC(C)NC(=O)CN(C)c1cc(OC(C)C)c(F)cc1N. The molecule has 0 atom stereocenters. The van der Waals surface area contributed by atoms with Gasteiger partial charge in [-0.2, -0.15) is 0 Å². The monoisotopic (exact) mass is 297 g/mol. The number of carbonyl (C=O) groups is 1. The van der Waals surface area contributed by atoms with Crippen LogP contribution in [0.25, 0.3) is 0 Å². The first kappa shape index (κ1) is 17.1. The van der Waals surface area contributed by atoms with E-state index in [4.69, 9.17) is 10.5 Å². The number of amides is 1. The minimum absolute atomic E-state index is 0.0660. The van der Waals surface area contributed by atoms with E-state index >= 15 is 0 Å². The third kappa shape index (κ3) is 5.13. The molecular weight excluding hydrogens is 273 g/mol. The fraction of sp³-hybridized carbons (Fsp3) is 0.533. The number of likely N-dealkylation sites (N-methyl/N-ethyl adjacent to an activating group) is 1. The molecule has 1 amide bonds. The first-order valence-corrected chi connectivity index (χ1v) is 6.96. The van der Waals surface area contributed by atoms with E-state index < -0.39 is 5.82 Å². The van der Waals surface area contributed by atoms with Crippen LogP contribution < -0.4 is 20.7 Å². The largest absolute Gasteiger partial charge is 0.488 e. The molecule has 0 spiro atoms. The van der Waals surface area contributed by atoms with Crippen molar-refractivity contribution >= 4 is 17.3 Å². The van der Waals surface area contributed by atoms with Crippen LogP contribution in [-0.2, 0) is 4.79 Å². The summed E-state index contributed by atoms with van der Waals surface area (Å²) < 4.78 is 19.2. The number of nitrogens with one attached hydrogen (secondary N) is 1. The lowest BCUT2D eigenvalue weighted by atomic mass is 10.2. The maximum atomic E-state index is 13.8. The highest BCUT2D eigenvalue weighted by Gasteiger charge is 2.15. The molecule has 0 radical (unpaired) electrons. The Hall–Kier alpha value is -1.98. The van der Waals surface area contributed by atoms with Crippen LogP contribution >= 0.6 is 0 Å². The Morgan fingerprint density at radius 3 is 2.52 bits per heavy atom. The minimum Gasteiger partial charge on any atom is -0.488 e. The van der Waals surface area contributed by atoms with Crippen molar-refractivity contribution in [2.75, 3.05) is 24.2 Å². The van der Waals surface area contributed by atoms with Crippen LogP contribution in [0.15, 0.2) is 12.1 Å². The number of anilines is 2. The quantitative estimate of drug-likeness (QED) is 0.790. The molecule has 118 valence electrons. The van der Waals surface area contributed by atoms with Gasteiger partial charge in [0.05, 0.1) is 24.0 Å². The Labute approximate surface area is 125 Å². The summed E-state index contributed by atoms with van der Waals surface area (Å²) in [7, 11) is 1.72. The first-order valence-electron chi connectivity index (χ1n) is 6.96. The van der Waals surface area contributed by atoms with Crippen molar-refractivity contribution in [2.24, 2.45) is 0 Å². The van der Waals surface area contributed by atoms with Gasteiger partial charge in [0.15, 0.2) is 11.6 Å². The fourth-order valence-electron chi connectivity index (χ4n) is 1.90. The molecule has 5 nitrogen and oxygen atoms in total. The molecule has 0 aliphatic rings. The minimum atomic E-state index is -0.509. The molecule has 0 aliphatic carbocycles. The Balaban J connectivity index is 2.92. The predicted octanol–water partition coefficient (Wildman–Crippen LogP) is 2.16. The van der Waals surface area contributed by atoms with Gasteiger partial charge in [0.25, 0.3) is 0 Å². The number of benzene rings is 1. The molecule has 6 heteroatoms. The number of rotatable bonds is 6. The van der Waals surface area contributed by atoms with Gasteiger partial charge in [0, 0.05) is 25.2 Å². The summed E-state index contributed by atoms with van der Waals surface area (Å²) in [5.41, 5.74) is 6.66. The molecule has 0 aromatic heterocycles. The van der Waals surface area contributed by atoms with Gasteiger partial charge in [-0.1, -0.05) is 0 Å². The van der Waals surface area contributed by atoms with Crippen LogP contribution in [0.4, 0.5) is 15.8 Å². The van der Waals surface area contributed by atoms with Gasteiger partial charge >= 0.3 is 0 Å². The van der Waals surface area contributed by atoms with E-state index in [1.165, 1.54) is 12.1 Å². The Morgan fingerprint density at radius 1 is 1.38 bits per heavy atom. The lowest BCUT2D eigenvalue weighted by molar-refractivity contribution is -0.120. The summed E-state index contributed by atoms with van der Waals surface area (Å²) in [4.78, 5) is 13.4. The topological polar surface area (TPSA) is 67.6 Å². The van der Waals surface area contributed by atoms with Crippen molar-refractivity contribution in [2.45, 2.75) is 39.8 Å². The highest BCUT2D eigenvalue weighted by atomic mass is 19.1. The Bertz CT molecular complexity index is 504. The lowest BCUT2D eigenvalue weighted by Crippen LogP contribution is -2.38. The summed E-state index contributed by atoms with van der Waals surface area (Å²) in [6.07, 6.45) is -0.148. The first-order chi connectivity index (χ1) is 9.70. The number of carbonyl (C=O) groups excluding carboxylic acids is 1. The van der Waals surface area contributed by atoms with Crippen molar-refractivity contribution in [1.82, 2.24) is 5.32 Å². The van der Waals surface area contributed by atoms with E-state index in [-0.39, 0.29) is 36.0 Å². The van der Waals surface area contributed by atoms with Gasteiger partial charge in [-0.25, -0.2) is 4.39 Å². The standard InChI is InChI=1S/C15H24FN3O2/c1-9(2)18-15(20)8-19(5)13-7-14(21-10(3)4)11(16)6-12(13)17/h6-7,9-10H,8,17H2,1-5H3,(H,18,20). The molecule has 0 heterocycles. The summed E-state index contributed by atoms with van der Waals surface area (Å²) in [5.74, 6) is -0.502. The average Bonchev–Trinajstić information content (AvgIpc) is 2.30. The van der Waals surface area contributed by atoms with E-state index in [9.17, 15) is 9.18 Å². The molecule has 0 fully saturated rings. The van der Waals surface area contributed by atoms with Crippen LogP contribution in [0.5, 0.6) is 5.75 Å². The van der Waals surface area contributed by atoms with E-state index in [2.05, 4.69) is 5.32 Å². The highest BCUT2D eigenvalue weighted by molar-refractivity contribution is 5.83. The van der Waals surface area contributed by atoms with Gasteiger partial charge in [-0.05, 0) is 27.7 Å². The molecule has 0 unspecified atom stereocenters. The predicted molar refractivity (Wildman–Crippen MR) is 83.1 cm³/mol. The number of nitrogens with zero attached hydrogens (tertiary/aromatic N) is 1. The molecule has 0 aliphatic heterocycles. The summed E-state index contributed by atoms with van der Waals surface area (Å²) in [6, 6.07) is 2.80. The third-order valence-electron chi connectivity index (χ3n) is 2.69. The molecule has 1 rings (SSSR count). The van der Waals surface area contributed by atoms with Gasteiger partial charge in [0.2, 0.25) is 5.91 Å². The molecule has 1 aromatic carbocycles. The normalized spacial score (nSPS) is 10.9. The van der Waals surface area contributed by atoms with E-state index in [1.807, 2.05) is 27.7 Å². The second kappa shape index (κ2) is 7.15. The smallest absolute Gasteiger partial charge is 0.239 e. The van der Waals surface area contributed by atoms with E-state index in [0.717, 1.165) is 0 Å². The number of halogens is 1. The molecule has 0 bridgehead atoms. The van der Waals surface area contributed by atoms with Gasteiger partial charge < -0.3 is 20.7 Å². The number of hydrogen-bond acceptors (Lipinski definition) is 4. The average molecular weight is 297 g/mol. The van der Waals surface area contributed by atoms with Gasteiger partial charge in [-0.15, -0.1) is 0 Å². The second-order valence-corrected chi connectivity index (χ2v) is 5.59. The molecule has 21 heavy (non-hydrogen) atoms. The van der Waals surface area contributed by atoms with Crippen molar-refractivity contribution < 1.29 is 13.9 Å². The number of ether oxygens (including phenoxy) is 1. The summed E-state index contributed by atoms with van der Waals surface area (Å²) in [6.45, 7) is 7.54. The summed E-state index contributed by atoms with van der Waals surface area (Å²) in [5, 5.41) is 2.79. The lowest BCUT2D eigenvalue weighted by Gasteiger charge is -2.23. The van der Waals surface area contributed by atoms with E-state index in [1.54, 1.807) is 11.9 Å². The van der Waals surface area contributed by atoms with Crippen molar-refractivity contribution in [3.63, 3.8) is 0 Å². The Morgan fingerprint density at radius 2 is 2.00 bits per heavy atom. The molecule has 1 aromatic rings. The zero-order valence-electron chi connectivity index (χ0n) is 13.2. The van der Waals surface area contributed by atoms with Crippen LogP contribution in [0.3, 0.4) is 0 Å². The number of hydrogen-bond donors (Lipinski definition) is 2. The van der Waals surface area contributed by atoms with Crippen molar-refractivity contribution in [3.8, 4) is 5.75 Å². The fourth-order valence-corrected chi connectivity index (χ4v) is 1.90. The molecule has 0 saturated carbocycles. The number of nitrogen functional groups attached to an aromatic ring is 1. The van der Waals surface area contributed by atoms with Crippen molar-refractivity contribution in [1.29, 1.82) is 0 Å². The van der Waals surface area contributed by atoms with Crippen molar-refractivity contribution in [3.05, 3.63) is 17.9 Å².